The first-order valence-corrected chi connectivity index (χ1v) is 8.46. The quantitative estimate of drug-likeness (QED) is 0.525. The van der Waals surface area contributed by atoms with E-state index in [-0.39, 0.29) is 0 Å². The largest absolute Gasteiger partial charge is 0.325 e. The highest BCUT2D eigenvalue weighted by molar-refractivity contribution is 5.97. The van der Waals surface area contributed by atoms with E-state index in [2.05, 4.69) is 72.0 Å². The van der Waals surface area contributed by atoms with Crippen LogP contribution in [0.4, 0.5) is 11.4 Å². The molecule has 0 saturated carbocycles. The number of anilines is 1. The lowest BCUT2D eigenvalue weighted by Crippen LogP contribution is -2.24. The van der Waals surface area contributed by atoms with Crippen molar-refractivity contribution in [1.82, 2.24) is 9.55 Å². The molecule has 0 aliphatic heterocycles. The molecule has 0 atom stereocenters. The van der Waals surface area contributed by atoms with Gasteiger partial charge < -0.3 is 5.32 Å². The highest BCUT2D eigenvalue weighted by Crippen LogP contribution is 2.18. The minimum atomic E-state index is 0.753. The van der Waals surface area contributed by atoms with Crippen LogP contribution in [0.25, 0.3) is 0 Å². The van der Waals surface area contributed by atoms with Crippen molar-refractivity contribution in [3.8, 4) is 0 Å². The van der Waals surface area contributed by atoms with Gasteiger partial charge in [-0.1, -0.05) is 35.4 Å². The molecule has 0 aliphatic carbocycles. The molecule has 0 bridgehead atoms. The Morgan fingerprint density at radius 1 is 0.840 bits per heavy atom. The summed E-state index contributed by atoms with van der Waals surface area (Å²) < 4.78 is 2.06. The maximum atomic E-state index is 4.85. The normalized spacial score (nSPS) is 11.6. The molecular weight excluding hydrogens is 308 g/mol. The second kappa shape index (κ2) is 6.93. The molecule has 4 nitrogen and oxygen atoms in total. The lowest BCUT2D eigenvalue weighted by Gasteiger charge is -2.14. The average Bonchev–Trinajstić information content (AvgIpc) is 2.83. The number of imidazole rings is 1. The van der Waals surface area contributed by atoms with Gasteiger partial charge in [-0.15, -0.1) is 0 Å². The first kappa shape index (κ1) is 17.0. The fourth-order valence-electron chi connectivity index (χ4n) is 2.73. The van der Waals surface area contributed by atoms with E-state index in [1.165, 1.54) is 11.1 Å². The van der Waals surface area contributed by atoms with Gasteiger partial charge in [0.1, 0.15) is 5.82 Å². The zero-order valence-electron chi connectivity index (χ0n) is 15.5. The summed E-state index contributed by atoms with van der Waals surface area (Å²) in [4.78, 5) is 9.44. The van der Waals surface area contributed by atoms with Crippen molar-refractivity contribution in [2.75, 3.05) is 5.32 Å². The summed E-state index contributed by atoms with van der Waals surface area (Å²) in [5, 5.41) is 3.45. The molecule has 128 valence electrons. The number of aromatic nitrogens is 2. The number of aryl methyl sites for hydroxylation is 4. The third kappa shape index (κ3) is 3.79. The molecule has 25 heavy (non-hydrogen) atoms. The fourth-order valence-corrected chi connectivity index (χ4v) is 2.73. The Hall–Kier alpha value is -2.88. The van der Waals surface area contributed by atoms with Crippen molar-refractivity contribution in [2.45, 2.75) is 34.6 Å². The third-order valence-corrected chi connectivity index (χ3v) is 4.30. The van der Waals surface area contributed by atoms with Gasteiger partial charge >= 0.3 is 0 Å². The Balaban J connectivity index is 2.07. The molecule has 3 rings (SSSR count). The topological polar surface area (TPSA) is 42.2 Å². The second-order valence-corrected chi connectivity index (χ2v) is 6.43. The maximum Gasteiger partial charge on any atom is 0.213 e. The molecule has 4 heteroatoms. The van der Waals surface area contributed by atoms with Gasteiger partial charge in [-0.2, -0.15) is 0 Å². The van der Waals surface area contributed by atoms with Crippen LogP contribution in [0.1, 0.15) is 28.3 Å². The van der Waals surface area contributed by atoms with E-state index in [1.54, 1.807) is 0 Å². The zero-order chi connectivity index (χ0) is 18.0. The number of hydrogen-bond acceptors (Lipinski definition) is 2. The van der Waals surface area contributed by atoms with E-state index < -0.39 is 0 Å². The summed E-state index contributed by atoms with van der Waals surface area (Å²) in [6, 6.07) is 16.5. The number of hydrogen-bond donors (Lipinski definition) is 1. The van der Waals surface area contributed by atoms with Gasteiger partial charge in [-0.25, -0.2) is 9.98 Å². The average molecular weight is 332 g/mol. The molecule has 0 radical (unpaired) electrons. The molecular formula is C21H24N4. The highest BCUT2D eigenvalue weighted by Gasteiger charge is 2.13. The minimum absolute atomic E-state index is 0.753. The van der Waals surface area contributed by atoms with E-state index in [1.807, 2.05) is 26.0 Å². The highest BCUT2D eigenvalue weighted by atomic mass is 15.3. The Bertz CT molecular complexity index is 900. The minimum Gasteiger partial charge on any atom is -0.325 e. The van der Waals surface area contributed by atoms with Crippen LogP contribution < -0.4 is 5.32 Å². The summed E-state index contributed by atoms with van der Waals surface area (Å²) in [6.07, 6.45) is 0. The molecule has 2 aromatic carbocycles. The zero-order valence-corrected chi connectivity index (χ0v) is 15.5. The number of benzene rings is 2. The van der Waals surface area contributed by atoms with Gasteiger partial charge in [0.25, 0.3) is 0 Å². The Morgan fingerprint density at radius 3 is 1.92 bits per heavy atom. The Kier molecular flexibility index (Phi) is 4.70. The molecule has 1 N–H and O–H groups in total. The SMILES string of the molecule is Cc1ccc(N=C(Nc2ccc(C)cc2)n2c(C)nc(C)c2C)cc1. The molecule has 0 amide bonds. The lowest BCUT2D eigenvalue weighted by atomic mass is 10.2. The summed E-state index contributed by atoms with van der Waals surface area (Å²) in [5.74, 6) is 1.67. The number of nitrogens with one attached hydrogen (secondary N) is 1. The van der Waals surface area contributed by atoms with E-state index in [0.717, 1.165) is 34.5 Å². The van der Waals surface area contributed by atoms with Crippen LogP contribution in [-0.2, 0) is 0 Å². The summed E-state index contributed by atoms with van der Waals surface area (Å²) in [5.41, 5.74) is 6.46. The predicted octanol–water partition coefficient (Wildman–Crippen LogP) is 5.07. The molecule has 0 fully saturated rings. The summed E-state index contributed by atoms with van der Waals surface area (Å²) in [7, 11) is 0. The third-order valence-electron chi connectivity index (χ3n) is 4.30. The molecule has 1 aromatic heterocycles. The number of nitrogens with zero attached hydrogens (tertiary/aromatic N) is 3. The van der Waals surface area contributed by atoms with Gasteiger partial charge in [0.2, 0.25) is 5.96 Å². The van der Waals surface area contributed by atoms with Gasteiger partial charge in [-0.05, 0) is 58.9 Å². The van der Waals surface area contributed by atoms with Crippen LogP contribution in [0.15, 0.2) is 53.5 Å². The van der Waals surface area contributed by atoms with Gasteiger partial charge in [0, 0.05) is 11.4 Å². The second-order valence-electron chi connectivity index (χ2n) is 6.43. The Labute approximate surface area is 149 Å². The van der Waals surface area contributed by atoms with E-state index in [4.69, 9.17) is 4.99 Å². The first-order chi connectivity index (χ1) is 11.9. The van der Waals surface area contributed by atoms with Crippen molar-refractivity contribution in [1.29, 1.82) is 0 Å². The number of rotatable bonds is 2. The van der Waals surface area contributed by atoms with E-state index in [9.17, 15) is 0 Å². The summed E-state index contributed by atoms with van der Waals surface area (Å²) >= 11 is 0. The first-order valence-electron chi connectivity index (χ1n) is 8.46. The predicted molar refractivity (Wildman–Crippen MR) is 105 cm³/mol. The van der Waals surface area contributed by atoms with Crippen molar-refractivity contribution >= 4 is 17.3 Å². The van der Waals surface area contributed by atoms with Gasteiger partial charge in [0.05, 0.1) is 11.4 Å². The van der Waals surface area contributed by atoms with Crippen molar-refractivity contribution in [2.24, 2.45) is 4.99 Å². The standard InChI is InChI=1S/C21H24N4/c1-14-6-10-19(11-7-14)23-21(24-20-12-8-15(2)9-13-20)25-17(4)16(3)22-18(25)5/h6-13H,1-5H3,(H,23,24). The molecule has 3 aromatic rings. The fraction of sp³-hybridized carbons (Fsp3) is 0.238. The monoisotopic (exact) mass is 332 g/mol. The van der Waals surface area contributed by atoms with Crippen molar-refractivity contribution < 1.29 is 0 Å². The molecule has 0 unspecified atom stereocenters. The smallest absolute Gasteiger partial charge is 0.213 e. The van der Waals surface area contributed by atoms with Crippen LogP contribution >= 0.6 is 0 Å². The Morgan fingerprint density at radius 2 is 1.40 bits per heavy atom. The number of aliphatic imine (C=N–C) groups is 1. The maximum absolute atomic E-state index is 4.85. The molecule has 0 saturated heterocycles. The van der Waals surface area contributed by atoms with Gasteiger partial charge in [0.15, 0.2) is 0 Å². The van der Waals surface area contributed by atoms with Crippen LogP contribution in [0.2, 0.25) is 0 Å². The van der Waals surface area contributed by atoms with Crippen LogP contribution in [-0.4, -0.2) is 15.5 Å². The molecule has 1 heterocycles. The van der Waals surface area contributed by atoms with Crippen LogP contribution in [0.3, 0.4) is 0 Å². The molecule has 0 aliphatic rings. The van der Waals surface area contributed by atoms with Crippen LogP contribution in [0, 0.1) is 34.6 Å². The summed E-state index contributed by atoms with van der Waals surface area (Å²) in [6.45, 7) is 10.2. The van der Waals surface area contributed by atoms with Gasteiger partial charge in [-0.3, -0.25) is 4.57 Å². The lowest BCUT2D eigenvalue weighted by molar-refractivity contribution is 0.986. The van der Waals surface area contributed by atoms with E-state index >= 15 is 0 Å². The van der Waals surface area contributed by atoms with Crippen molar-refractivity contribution in [3.05, 3.63) is 76.9 Å². The van der Waals surface area contributed by atoms with E-state index in [0.29, 0.717) is 0 Å². The van der Waals surface area contributed by atoms with Crippen molar-refractivity contribution in [3.63, 3.8) is 0 Å². The molecule has 0 spiro atoms. The van der Waals surface area contributed by atoms with Crippen LogP contribution in [0.5, 0.6) is 0 Å².